The van der Waals surface area contributed by atoms with Crippen LogP contribution in [-0.4, -0.2) is 45.4 Å². The Morgan fingerprint density at radius 2 is 2.14 bits per heavy atom. The van der Waals surface area contributed by atoms with E-state index in [2.05, 4.69) is 0 Å². The number of ether oxygens (including phenoxy) is 1. The molecule has 2 N–H and O–H groups in total. The summed E-state index contributed by atoms with van der Waals surface area (Å²) in [6.45, 7) is 1.90. The predicted molar refractivity (Wildman–Crippen MR) is 77.9 cm³/mol. The third-order valence-corrected chi connectivity index (χ3v) is 5.76. The summed E-state index contributed by atoms with van der Waals surface area (Å²) in [6.07, 6.45) is 0. The highest BCUT2D eigenvalue weighted by molar-refractivity contribution is 7.89. The molecule has 22 heavy (non-hydrogen) atoms. The predicted octanol–water partition coefficient (Wildman–Crippen LogP) is 0.503. The molecule has 2 rings (SSSR count). The van der Waals surface area contributed by atoms with Crippen LogP contribution in [0.4, 0.5) is 4.39 Å². The first-order valence-electron chi connectivity index (χ1n) is 6.82. The fraction of sp³-hybridized carbons (Fsp3) is 0.500. The lowest BCUT2D eigenvalue weighted by Gasteiger charge is -2.16. The highest BCUT2D eigenvalue weighted by Crippen LogP contribution is 2.29. The van der Waals surface area contributed by atoms with E-state index in [9.17, 15) is 17.6 Å². The van der Waals surface area contributed by atoms with Gasteiger partial charge < -0.3 is 10.5 Å². The van der Waals surface area contributed by atoms with Crippen molar-refractivity contribution in [1.82, 2.24) is 4.31 Å². The van der Waals surface area contributed by atoms with Crippen LogP contribution in [0.15, 0.2) is 23.1 Å². The molecule has 0 aliphatic carbocycles. The molecule has 1 aromatic rings. The molecule has 122 valence electrons. The number of benzene rings is 1. The van der Waals surface area contributed by atoms with Crippen LogP contribution in [0.25, 0.3) is 0 Å². The van der Waals surface area contributed by atoms with E-state index < -0.39 is 27.7 Å². The van der Waals surface area contributed by atoms with Gasteiger partial charge in [-0.3, -0.25) is 4.79 Å². The Morgan fingerprint density at radius 3 is 2.68 bits per heavy atom. The molecule has 1 heterocycles. The van der Waals surface area contributed by atoms with Crippen LogP contribution in [0.3, 0.4) is 0 Å². The lowest BCUT2D eigenvalue weighted by molar-refractivity contribution is -0.122. The van der Waals surface area contributed by atoms with Gasteiger partial charge in [-0.25, -0.2) is 12.8 Å². The maximum absolute atomic E-state index is 13.6. The second kappa shape index (κ2) is 6.31. The molecule has 1 amide bonds. The third kappa shape index (κ3) is 3.13. The maximum atomic E-state index is 13.6. The fourth-order valence-electron chi connectivity index (χ4n) is 2.62. The number of sulfonamides is 1. The van der Waals surface area contributed by atoms with Crippen LogP contribution >= 0.6 is 0 Å². The number of hydrogen-bond acceptors (Lipinski definition) is 4. The fourth-order valence-corrected chi connectivity index (χ4v) is 4.15. The highest BCUT2D eigenvalue weighted by Gasteiger charge is 2.42. The normalized spacial score (nSPS) is 22.9. The molecule has 0 saturated carbocycles. The van der Waals surface area contributed by atoms with Crippen LogP contribution in [0.5, 0.6) is 0 Å². The summed E-state index contributed by atoms with van der Waals surface area (Å²) in [4.78, 5) is 11.4. The molecule has 1 aliphatic rings. The van der Waals surface area contributed by atoms with Crippen LogP contribution in [0, 0.1) is 24.6 Å². The molecule has 0 radical (unpaired) electrons. The van der Waals surface area contributed by atoms with Crippen molar-refractivity contribution < 1.29 is 22.3 Å². The number of nitrogens with two attached hydrogens (primary N) is 1. The van der Waals surface area contributed by atoms with Gasteiger partial charge in [0, 0.05) is 26.1 Å². The van der Waals surface area contributed by atoms with Gasteiger partial charge in [0.1, 0.15) is 5.82 Å². The lowest BCUT2D eigenvalue weighted by Crippen LogP contribution is -2.32. The lowest BCUT2D eigenvalue weighted by atomic mass is 9.96. The van der Waals surface area contributed by atoms with Crippen molar-refractivity contribution in [2.45, 2.75) is 11.8 Å². The molecular formula is C14H19FN2O4S. The zero-order valence-electron chi connectivity index (χ0n) is 12.5. The number of nitrogens with zero attached hydrogens (tertiary/aromatic N) is 1. The summed E-state index contributed by atoms with van der Waals surface area (Å²) < 4.78 is 45.0. The minimum atomic E-state index is -3.87. The van der Waals surface area contributed by atoms with E-state index in [1.807, 2.05) is 0 Å². The van der Waals surface area contributed by atoms with Crippen LogP contribution in [-0.2, 0) is 19.6 Å². The first kappa shape index (κ1) is 16.9. The van der Waals surface area contributed by atoms with Crippen LogP contribution < -0.4 is 5.73 Å². The Hall–Kier alpha value is -1.51. The number of hydrogen-bond donors (Lipinski definition) is 1. The van der Waals surface area contributed by atoms with Gasteiger partial charge in [-0.05, 0) is 24.6 Å². The van der Waals surface area contributed by atoms with Gasteiger partial charge in [-0.15, -0.1) is 0 Å². The first-order valence-corrected chi connectivity index (χ1v) is 8.26. The molecule has 1 fully saturated rings. The molecule has 0 aromatic heterocycles. The van der Waals surface area contributed by atoms with Crippen LogP contribution in [0.2, 0.25) is 0 Å². The minimum absolute atomic E-state index is 0.0127. The molecule has 2 atom stereocenters. The highest BCUT2D eigenvalue weighted by atomic mass is 32.2. The van der Waals surface area contributed by atoms with Gasteiger partial charge in [0.05, 0.1) is 17.4 Å². The Kier molecular flexibility index (Phi) is 4.84. The van der Waals surface area contributed by atoms with Crippen molar-refractivity contribution in [3.8, 4) is 0 Å². The van der Waals surface area contributed by atoms with Gasteiger partial charge in [-0.2, -0.15) is 4.31 Å². The molecule has 1 aliphatic heterocycles. The molecule has 6 nitrogen and oxygen atoms in total. The number of rotatable bonds is 5. The maximum Gasteiger partial charge on any atom is 0.243 e. The standard InChI is InChI=1S/C14H19FN2O4S/c1-9-3-4-11(5-13(9)15)22(19,20)17-6-10(8-21-2)12(7-17)14(16)18/h3-5,10,12H,6-8H2,1-2H3,(H2,16,18)/t10-,12+/m0/s1. The van der Waals surface area contributed by atoms with Crippen molar-refractivity contribution >= 4 is 15.9 Å². The van der Waals surface area contributed by atoms with Crippen molar-refractivity contribution in [2.24, 2.45) is 17.6 Å². The number of halogens is 1. The molecular weight excluding hydrogens is 311 g/mol. The zero-order valence-corrected chi connectivity index (χ0v) is 13.3. The van der Waals surface area contributed by atoms with E-state index in [1.54, 1.807) is 6.92 Å². The van der Waals surface area contributed by atoms with Crippen molar-refractivity contribution in [3.63, 3.8) is 0 Å². The molecule has 0 unspecified atom stereocenters. The minimum Gasteiger partial charge on any atom is -0.384 e. The average Bonchev–Trinajstić information content (AvgIpc) is 2.87. The van der Waals surface area contributed by atoms with Gasteiger partial charge >= 0.3 is 0 Å². The Morgan fingerprint density at radius 1 is 1.45 bits per heavy atom. The Bertz CT molecular complexity index is 677. The summed E-state index contributed by atoms with van der Waals surface area (Å²) in [5.74, 6) is -2.05. The molecule has 8 heteroatoms. The van der Waals surface area contributed by atoms with Crippen molar-refractivity contribution in [1.29, 1.82) is 0 Å². The summed E-state index contributed by atoms with van der Waals surface area (Å²) in [7, 11) is -2.39. The summed E-state index contributed by atoms with van der Waals surface area (Å²) in [6, 6.07) is 3.76. The van der Waals surface area contributed by atoms with Gasteiger partial charge in [0.25, 0.3) is 0 Å². The monoisotopic (exact) mass is 330 g/mol. The SMILES string of the molecule is COC[C@@H]1CN(S(=O)(=O)c2ccc(C)c(F)c2)C[C@H]1C(N)=O. The van der Waals surface area contributed by atoms with E-state index in [-0.39, 0.29) is 30.5 Å². The van der Waals surface area contributed by atoms with E-state index >= 15 is 0 Å². The van der Waals surface area contributed by atoms with E-state index in [1.165, 1.54) is 19.2 Å². The van der Waals surface area contributed by atoms with Crippen LogP contribution in [0.1, 0.15) is 5.56 Å². The molecule has 0 spiro atoms. The molecule has 0 bridgehead atoms. The Labute approximate surface area is 129 Å². The second-order valence-electron chi connectivity index (χ2n) is 5.46. The second-order valence-corrected chi connectivity index (χ2v) is 7.40. The number of amides is 1. The smallest absolute Gasteiger partial charge is 0.243 e. The number of aryl methyl sites for hydroxylation is 1. The van der Waals surface area contributed by atoms with E-state index in [0.717, 1.165) is 10.4 Å². The van der Waals surface area contributed by atoms with Crippen molar-refractivity contribution in [3.05, 3.63) is 29.6 Å². The number of carbonyl (C=O) groups excluding carboxylic acids is 1. The largest absolute Gasteiger partial charge is 0.384 e. The quantitative estimate of drug-likeness (QED) is 0.851. The first-order chi connectivity index (χ1) is 10.3. The number of primary amides is 1. The summed E-state index contributed by atoms with van der Waals surface area (Å²) >= 11 is 0. The molecule has 1 saturated heterocycles. The number of carbonyl (C=O) groups is 1. The summed E-state index contributed by atoms with van der Waals surface area (Å²) in [5.41, 5.74) is 5.70. The van der Waals surface area contributed by atoms with Crippen molar-refractivity contribution in [2.75, 3.05) is 26.8 Å². The molecule has 1 aromatic carbocycles. The topological polar surface area (TPSA) is 89.7 Å². The van der Waals surface area contributed by atoms with Gasteiger partial charge in [0.15, 0.2) is 0 Å². The van der Waals surface area contributed by atoms with E-state index in [4.69, 9.17) is 10.5 Å². The van der Waals surface area contributed by atoms with Gasteiger partial charge in [0.2, 0.25) is 15.9 Å². The van der Waals surface area contributed by atoms with E-state index in [0.29, 0.717) is 5.56 Å². The average molecular weight is 330 g/mol. The Balaban J connectivity index is 2.30. The third-order valence-electron chi connectivity index (χ3n) is 3.93. The zero-order chi connectivity index (χ0) is 16.5. The van der Waals surface area contributed by atoms with Gasteiger partial charge in [-0.1, -0.05) is 6.07 Å². The summed E-state index contributed by atoms with van der Waals surface area (Å²) in [5, 5.41) is 0. The number of methoxy groups -OCH3 is 1.